The molecule has 34 heavy (non-hydrogen) atoms. The molecule has 0 bridgehead atoms. The molecule has 2 atom stereocenters. The molecule has 3 aromatic rings. The predicted octanol–water partition coefficient (Wildman–Crippen LogP) is 4.91. The van der Waals surface area contributed by atoms with E-state index in [-0.39, 0.29) is 23.8 Å². The molecule has 2 fully saturated rings. The lowest BCUT2D eigenvalue weighted by Crippen LogP contribution is -2.39. The monoisotopic (exact) mass is 466 g/mol. The van der Waals surface area contributed by atoms with Crippen molar-refractivity contribution in [2.45, 2.75) is 50.5 Å². The summed E-state index contributed by atoms with van der Waals surface area (Å²) in [5.41, 5.74) is -0.484. The molecule has 0 spiro atoms. The molecule has 5 rings (SSSR count). The zero-order valence-electron chi connectivity index (χ0n) is 18.1. The van der Waals surface area contributed by atoms with E-state index in [9.17, 15) is 18.0 Å². The van der Waals surface area contributed by atoms with Crippen molar-refractivity contribution in [1.82, 2.24) is 19.7 Å². The van der Waals surface area contributed by atoms with Crippen LogP contribution in [0.25, 0.3) is 5.82 Å². The SMILES string of the molecule is N#Cc1ccc(N2C(=O)N(Cc3ccc(-n4cccn4)nc3)[C@@H]3CCCC[C@H]32)cc1C(F)(F)F. The fourth-order valence-corrected chi connectivity index (χ4v) is 4.93. The third-order valence-corrected chi connectivity index (χ3v) is 6.49. The Bertz CT molecular complexity index is 1230. The van der Waals surface area contributed by atoms with Gasteiger partial charge in [0.2, 0.25) is 0 Å². The number of aromatic nitrogens is 3. The number of carbonyl (C=O) groups is 1. The highest BCUT2D eigenvalue weighted by atomic mass is 19.4. The Kier molecular flexibility index (Phi) is 5.48. The smallest absolute Gasteiger partial charge is 0.315 e. The van der Waals surface area contributed by atoms with Crippen LogP contribution in [0.15, 0.2) is 55.0 Å². The van der Waals surface area contributed by atoms with Gasteiger partial charge in [0.1, 0.15) is 0 Å². The van der Waals surface area contributed by atoms with Gasteiger partial charge in [-0.25, -0.2) is 14.5 Å². The van der Waals surface area contributed by atoms with Crippen molar-refractivity contribution in [1.29, 1.82) is 5.26 Å². The molecule has 0 unspecified atom stereocenters. The number of anilines is 1. The van der Waals surface area contributed by atoms with Crippen LogP contribution in [0.5, 0.6) is 0 Å². The molecule has 1 aliphatic carbocycles. The van der Waals surface area contributed by atoms with Gasteiger partial charge in [0, 0.05) is 30.8 Å². The number of nitrogens with zero attached hydrogens (tertiary/aromatic N) is 6. The van der Waals surface area contributed by atoms with E-state index in [1.54, 1.807) is 40.3 Å². The number of carbonyl (C=O) groups excluding carboxylic acids is 1. The van der Waals surface area contributed by atoms with Crippen LogP contribution < -0.4 is 4.90 Å². The summed E-state index contributed by atoms with van der Waals surface area (Å²) in [6, 6.07) is 9.94. The van der Waals surface area contributed by atoms with E-state index in [0.717, 1.165) is 37.0 Å². The lowest BCUT2D eigenvalue weighted by Gasteiger charge is -2.32. The molecule has 0 N–H and O–H groups in total. The number of rotatable bonds is 4. The standard InChI is InChI=1S/C24H21F3N6O/c25-24(26,27)19-12-18(8-7-17(19)13-28)33-21-5-2-1-4-20(21)31(23(33)34)15-16-6-9-22(29-14-16)32-11-3-10-30-32/h3,6-12,14,20-21H,1-2,4-5,15H2/t20-,21-/m1/s1. The van der Waals surface area contributed by atoms with Crippen LogP contribution in [-0.2, 0) is 12.7 Å². The molecule has 1 aliphatic heterocycles. The molecule has 7 nitrogen and oxygen atoms in total. The highest BCUT2D eigenvalue weighted by Gasteiger charge is 2.47. The molecular formula is C24H21F3N6O. The third-order valence-electron chi connectivity index (χ3n) is 6.49. The molecule has 2 aliphatic rings. The first kappa shape index (κ1) is 21.9. The summed E-state index contributed by atoms with van der Waals surface area (Å²) in [6.45, 7) is 0.311. The van der Waals surface area contributed by atoms with E-state index in [4.69, 9.17) is 5.26 Å². The Labute approximate surface area is 194 Å². The van der Waals surface area contributed by atoms with Crippen LogP contribution in [0.3, 0.4) is 0 Å². The number of amides is 2. The molecule has 0 radical (unpaired) electrons. The maximum Gasteiger partial charge on any atom is 0.417 e. The van der Waals surface area contributed by atoms with Gasteiger partial charge in [-0.05, 0) is 48.7 Å². The predicted molar refractivity (Wildman–Crippen MR) is 117 cm³/mol. The average molecular weight is 466 g/mol. The largest absolute Gasteiger partial charge is 0.417 e. The summed E-state index contributed by atoms with van der Waals surface area (Å²) in [5, 5.41) is 13.3. The Morgan fingerprint density at radius 2 is 1.91 bits per heavy atom. The second-order valence-corrected chi connectivity index (χ2v) is 8.51. The number of hydrogen-bond acceptors (Lipinski definition) is 4. The maximum atomic E-state index is 13.6. The van der Waals surface area contributed by atoms with Gasteiger partial charge in [-0.2, -0.15) is 23.5 Å². The van der Waals surface area contributed by atoms with Crippen molar-refractivity contribution in [3.05, 3.63) is 71.7 Å². The van der Waals surface area contributed by atoms with Crippen molar-refractivity contribution in [2.24, 2.45) is 0 Å². The van der Waals surface area contributed by atoms with Crippen molar-refractivity contribution < 1.29 is 18.0 Å². The number of fused-ring (bicyclic) bond motifs is 1. The fourth-order valence-electron chi connectivity index (χ4n) is 4.93. The molecule has 1 aromatic carbocycles. The molecule has 3 heterocycles. The summed E-state index contributed by atoms with van der Waals surface area (Å²) in [5.74, 6) is 0.649. The molecule has 2 aromatic heterocycles. The van der Waals surface area contributed by atoms with E-state index >= 15 is 0 Å². The van der Waals surface area contributed by atoms with Gasteiger partial charge < -0.3 is 4.90 Å². The summed E-state index contributed by atoms with van der Waals surface area (Å²) >= 11 is 0. The van der Waals surface area contributed by atoms with Crippen LogP contribution in [-0.4, -0.2) is 37.8 Å². The van der Waals surface area contributed by atoms with Gasteiger partial charge >= 0.3 is 12.2 Å². The first-order valence-electron chi connectivity index (χ1n) is 11.0. The number of halogens is 3. The van der Waals surface area contributed by atoms with Crippen molar-refractivity contribution >= 4 is 11.7 Å². The number of hydrogen-bond donors (Lipinski definition) is 0. The zero-order valence-corrected chi connectivity index (χ0v) is 18.1. The van der Waals surface area contributed by atoms with Gasteiger partial charge in [-0.3, -0.25) is 4.90 Å². The van der Waals surface area contributed by atoms with Gasteiger partial charge in [-0.1, -0.05) is 18.9 Å². The summed E-state index contributed by atoms with van der Waals surface area (Å²) in [4.78, 5) is 21.2. The minimum absolute atomic E-state index is 0.1000. The lowest BCUT2D eigenvalue weighted by molar-refractivity contribution is -0.137. The normalized spacial score (nSPS) is 20.4. The highest BCUT2D eigenvalue weighted by Crippen LogP contribution is 2.40. The summed E-state index contributed by atoms with van der Waals surface area (Å²) in [6.07, 6.45) is 3.80. The maximum absolute atomic E-state index is 13.6. The number of urea groups is 1. The molecule has 1 saturated heterocycles. The minimum Gasteiger partial charge on any atom is -0.315 e. The van der Waals surface area contributed by atoms with Crippen LogP contribution in [0.1, 0.15) is 42.4 Å². The Morgan fingerprint density at radius 3 is 2.56 bits per heavy atom. The minimum atomic E-state index is -4.68. The van der Waals surface area contributed by atoms with Crippen molar-refractivity contribution in [3.8, 4) is 11.9 Å². The average Bonchev–Trinajstić information content (AvgIpc) is 3.46. The van der Waals surface area contributed by atoms with Crippen LogP contribution in [0, 0.1) is 11.3 Å². The van der Waals surface area contributed by atoms with Crippen LogP contribution in [0.4, 0.5) is 23.7 Å². The molecule has 1 saturated carbocycles. The number of benzene rings is 1. The first-order valence-corrected chi connectivity index (χ1v) is 11.0. The van der Waals surface area contributed by atoms with Gasteiger partial charge in [0.15, 0.2) is 5.82 Å². The van der Waals surface area contributed by atoms with Crippen molar-refractivity contribution in [2.75, 3.05) is 4.90 Å². The van der Waals surface area contributed by atoms with E-state index in [1.807, 2.05) is 12.1 Å². The van der Waals surface area contributed by atoms with Crippen LogP contribution in [0.2, 0.25) is 0 Å². The van der Waals surface area contributed by atoms with Crippen molar-refractivity contribution in [3.63, 3.8) is 0 Å². The zero-order chi connectivity index (χ0) is 23.9. The second kappa shape index (κ2) is 8.48. The van der Waals surface area contributed by atoms with Gasteiger partial charge in [0.25, 0.3) is 0 Å². The van der Waals surface area contributed by atoms with Gasteiger partial charge in [0.05, 0.1) is 29.3 Å². The van der Waals surface area contributed by atoms with Gasteiger partial charge in [-0.15, -0.1) is 0 Å². The first-order chi connectivity index (χ1) is 16.4. The van der Waals surface area contributed by atoms with E-state index in [1.165, 1.54) is 11.0 Å². The highest BCUT2D eigenvalue weighted by molar-refractivity contribution is 5.96. The molecule has 2 amide bonds. The quantitative estimate of drug-likeness (QED) is 0.547. The number of pyridine rings is 1. The third kappa shape index (κ3) is 3.87. The Balaban J connectivity index is 1.45. The van der Waals surface area contributed by atoms with E-state index in [0.29, 0.717) is 18.8 Å². The van der Waals surface area contributed by atoms with Crippen LogP contribution >= 0.6 is 0 Å². The molecule has 174 valence electrons. The summed E-state index contributed by atoms with van der Waals surface area (Å²) < 4.78 is 42.3. The summed E-state index contributed by atoms with van der Waals surface area (Å²) in [7, 11) is 0. The molecular weight excluding hydrogens is 445 g/mol. The Morgan fingerprint density at radius 1 is 1.12 bits per heavy atom. The fraction of sp³-hybridized carbons (Fsp3) is 0.333. The molecule has 10 heteroatoms. The van der Waals surface area contributed by atoms with E-state index < -0.39 is 17.3 Å². The lowest BCUT2D eigenvalue weighted by atomic mass is 9.89. The number of alkyl halides is 3. The topological polar surface area (TPSA) is 78.0 Å². The number of nitriles is 1. The second-order valence-electron chi connectivity index (χ2n) is 8.51. The Hall–Kier alpha value is -3.87. The van der Waals surface area contributed by atoms with E-state index in [2.05, 4.69) is 10.1 Å².